The molecule has 0 aromatic heterocycles. The average Bonchev–Trinajstić information content (AvgIpc) is 2.12. The molecule has 0 bridgehead atoms. The molecule has 0 aliphatic carbocycles. The number of hydrogen-bond donors (Lipinski definition) is 2. The van der Waals surface area contributed by atoms with Gasteiger partial charge in [-0.05, 0) is 24.5 Å². The zero-order valence-corrected chi connectivity index (χ0v) is 9.41. The van der Waals surface area contributed by atoms with Crippen molar-refractivity contribution in [2.24, 2.45) is 5.73 Å². The van der Waals surface area contributed by atoms with Gasteiger partial charge in [0, 0.05) is 4.47 Å². The first-order valence-electron chi connectivity index (χ1n) is 4.24. The lowest BCUT2D eigenvalue weighted by Gasteiger charge is -2.09. The van der Waals surface area contributed by atoms with Crippen LogP contribution in [-0.2, 0) is 11.2 Å². The Morgan fingerprint density at radius 1 is 1.64 bits per heavy atom. The number of carboxylic acids is 1. The lowest BCUT2D eigenvalue weighted by molar-refractivity contribution is -0.138. The predicted octanol–water partition coefficient (Wildman–Crippen LogP) is 1.71. The highest BCUT2D eigenvalue weighted by Crippen LogP contribution is 2.21. The van der Waals surface area contributed by atoms with Crippen molar-refractivity contribution < 1.29 is 9.90 Å². The van der Waals surface area contributed by atoms with E-state index in [9.17, 15) is 4.79 Å². The van der Waals surface area contributed by atoms with Gasteiger partial charge in [-0.15, -0.1) is 0 Å². The molecule has 4 heteroatoms. The van der Waals surface area contributed by atoms with Crippen molar-refractivity contribution in [1.29, 1.82) is 0 Å². The Bertz CT molecular complexity index is 352. The Morgan fingerprint density at radius 3 is 2.86 bits per heavy atom. The Labute approximate surface area is 91.1 Å². The van der Waals surface area contributed by atoms with Crippen LogP contribution in [0.25, 0.3) is 0 Å². The third-order valence-corrected chi connectivity index (χ3v) is 3.16. The fourth-order valence-electron chi connectivity index (χ4n) is 1.19. The largest absolute Gasteiger partial charge is 0.480 e. The lowest BCUT2D eigenvalue weighted by atomic mass is 10.0. The highest BCUT2D eigenvalue weighted by molar-refractivity contribution is 9.10. The van der Waals surface area contributed by atoms with Crippen LogP contribution in [0.5, 0.6) is 0 Å². The summed E-state index contributed by atoms with van der Waals surface area (Å²) in [6, 6.07) is 4.89. The van der Waals surface area contributed by atoms with Crippen molar-refractivity contribution in [2.45, 2.75) is 19.4 Å². The Morgan fingerprint density at radius 2 is 2.29 bits per heavy atom. The van der Waals surface area contributed by atoms with Crippen molar-refractivity contribution in [3.63, 3.8) is 0 Å². The zero-order chi connectivity index (χ0) is 10.7. The summed E-state index contributed by atoms with van der Waals surface area (Å²) in [6.45, 7) is 1.96. The fourth-order valence-corrected chi connectivity index (χ4v) is 1.62. The van der Waals surface area contributed by atoms with Crippen LogP contribution in [0.15, 0.2) is 22.7 Å². The number of hydrogen-bond acceptors (Lipinski definition) is 2. The van der Waals surface area contributed by atoms with Gasteiger partial charge in [0.25, 0.3) is 0 Å². The molecule has 0 radical (unpaired) electrons. The third-order valence-electron chi connectivity index (χ3n) is 2.03. The van der Waals surface area contributed by atoms with E-state index in [0.717, 1.165) is 15.6 Å². The van der Waals surface area contributed by atoms with Gasteiger partial charge in [0.2, 0.25) is 0 Å². The van der Waals surface area contributed by atoms with Gasteiger partial charge in [-0.25, -0.2) is 0 Å². The summed E-state index contributed by atoms with van der Waals surface area (Å²) >= 11 is 3.41. The minimum Gasteiger partial charge on any atom is -0.480 e. The van der Waals surface area contributed by atoms with Crippen LogP contribution in [0.3, 0.4) is 0 Å². The molecule has 0 saturated heterocycles. The van der Waals surface area contributed by atoms with E-state index in [-0.39, 0.29) is 0 Å². The van der Waals surface area contributed by atoms with Crippen molar-refractivity contribution in [3.8, 4) is 0 Å². The maximum Gasteiger partial charge on any atom is 0.320 e. The summed E-state index contributed by atoms with van der Waals surface area (Å²) in [6.07, 6.45) is 0.345. The number of halogens is 1. The highest BCUT2D eigenvalue weighted by atomic mass is 79.9. The number of aryl methyl sites for hydroxylation is 1. The molecular weight excluding hydrogens is 246 g/mol. The Balaban J connectivity index is 2.87. The van der Waals surface area contributed by atoms with E-state index in [1.165, 1.54) is 0 Å². The van der Waals surface area contributed by atoms with Crippen molar-refractivity contribution in [3.05, 3.63) is 33.8 Å². The van der Waals surface area contributed by atoms with Crippen LogP contribution < -0.4 is 5.73 Å². The molecule has 0 aliphatic heterocycles. The predicted molar refractivity (Wildman–Crippen MR) is 58.2 cm³/mol. The second-order valence-electron chi connectivity index (χ2n) is 3.20. The summed E-state index contributed by atoms with van der Waals surface area (Å²) < 4.78 is 0.941. The molecule has 0 aliphatic rings. The molecule has 0 unspecified atom stereocenters. The number of carboxylic acid groups (broad SMARTS) is 1. The second kappa shape index (κ2) is 4.57. The van der Waals surface area contributed by atoms with Gasteiger partial charge in [0.05, 0.1) is 0 Å². The van der Waals surface area contributed by atoms with Crippen LogP contribution in [-0.4, -0.2) is 17.1 Å². The van der Waals surface area contributed by atoms with Crippen molar-refractivity contribution in [1.82, 2.24) is 0 Å². The van der Waals surface area contributed by atoms with E-state index in [2.05, 4.69) is 15.9 Å². The van der Waals surface area contributed by atoms with Gasteiger partial charge in [-0.2, -0.15) is 0 Å². The van der Waals surface area contributed by atoms with Crippen LogP contribution in [0.2, 0.25) is 0 Å². The minimum absolute atomic E-state index is 0.345. The number of aliphatic carboxylic acids is 1. The van der Waals surface area contributed by atoms with Crippen LogP contribution >= 0.6 is 15.9 Å². The Kier molecular flexibility index (Phi) is 3.66. The molecule has 0 saturated carbocycles. The molecular formula is C10H12BrNO2. The number of rotatable bonds is 3. The highest BCUT2D eigenvalue weighted by Gasteiger charge is 2.14. The maximum absolute atomic E-state index is 10.6. The smallest absolute Gasteiger partial charge is 0.320 e. The van der Waals surface area contributed by atoms with Crippen LogP contribution in [0, 0.1) is 6.92 Å². The quantitative estimate of drug-likeness (QED) is 0.867. The molecule has 0 amide bonds. The van der Waals surface area contributed by atoms with E-state index >= 15 is 0 Å². The molecule has 0 fully saturated rings. The first-order valence-corrected chi connectivity index (χ1v) is 5.04. The van der Waals surface area contributed by atoms with Crippen LogP contribution in [0.4, 0.5) is 0 Å². The maximum atomic E-state index is 10.6. The number of nitrogens with two attached hydrogens (primary N) is 1. The summed E-state index contributed by atoms with van der Waals surface area (Å²) in [4.78, 5) is 10.6. The van der Waals surface area contributed by atoms with Crippen molar-refractivity contribution >= 4 is 21.9 Å². The second-order valence-corrected chi connectivity index (χ2v) is 3.99. The molecule has 0 spiro atoms. The molecule has 0 heterocycles. The van der Waals surface area contributed by atoms with E-state index in [1.807, 2.05) is 25.1 Å². The average molecular weight is 258 g/mol. The van der Waals surface area contributed by atoms with Gasteiger partial charge in [0.15, 0.2) is 0 Å². The molecule has 3 nitrogen and oxygen atoms in total. The molecule has 1 rings (SSSR count). The third kappa shape index (κ3) is 2.56. The zero-order valence-electron chi connectivity index (χ0n) is 7.83. The summed E-state index contributed by atoms with van der Waals surface area (Å²) in [5, 5.41) is 8.66. The summed E-state index contributed by atoms with van der Waals surface area (Å²) in [5.41, 5.74) is 7.46. The minimum atomic E-state index is -0.974. The van der Waals surface area contributed by atoms with Crippen LogP contribution in [0.1, 0.15) is 11.1 Å². The van der Waals surface area contributed by atoms with E-state index in [0.29, 0.717) is 6.42 Å². The first-order chi connectivity index (χ1) is 6.52. The normalized spacial score (nSPS) is 12.5. The van der Waals surface area contributed by atoms with E-state index in [4.69, 9.17) is 10.8 Å². The SMILES string of the molecule is Cc1cccc(C[C@H](N)C(=O)O)c1Br. The fraction of sp³-hybridized carbons (Fsp3) is 0.300. The number of benzene rings is 1. The van der Waals surface area contributed by atoms with Gasteiger partial charge in [0.1, 0.15) is 6.04 Å². The molecule has 76 valence electrons. The van der Waals surface area contributed by atoms with E-state index < -0.39 is 12.0 Å². The van der Waals surface area contributed by atoms with Gasteiger partial charge >= 0.3 is 5.97 Å². The van der Waals surface area contributed by atoms with Gasteiger partial charge in [-0.3, -0.25) is 4.79 Å². The summed E-state index contributed by atoms with van der Waals surface area (Å²) in [5.74, 6) is -0.974. The molecule has 1 aromatic rings. The molecule has 1 atom stereocenters. The molecule has 1 aromatic carbocycles. The Hall–Kier alpha value is -0.870. The monoisotopic (exact) mass is 257 g/mol. The topological polar surface area (TPSA) is 63.3 Å². The lowest BCUT2D eigenvalue weighted by Crippen LogP contribution is -2.32. The molecule has 3 N–H and O–H groups in total. The van der Waals surface area contributed by atoms with Gasteiger partial charge in [-0.1, -0.05) is 34.1 Å². The summed E-state index contributed by atoms with van der Waals surface area (Å²) in [7, 11) is 0. The molecule has 14 heavy (non-hydrogen) atoms. The standard InChI is InChI=1S/C10H12BrNO2/c1-6-3-2-4-7(9(6)11)5-8(12)10(13)14/h2-4,8H,5,12H2,1H3,(H,13,14)/t8-/m0/s1. The first kappa shape index (κ1) is 11.2. The van der Waals surface area contributed by atoms with E-state index in [1.54, 1.807) is 0 Å². The van der Waals surface area contributed by atoms with Crippen molar-refractivity contribution in [2.75, 3.05) is 0 Å². The number of carbonyl (C=O) groups is 1. The van der Waals surface area contributed by atoms with Gasteiger partial charge < -0.3 is 10.8 Å².